The molecule has 4 rings (SSSR count). The van der Waals surface area contributed by atoms with Crippen molar-refractivity contribution < 1.29 is 4.79 Å². The number of rotatable bonds is 1. The summed E-state index contributed by atoms with van der Waals surface area (Å²) in [4.78, 5) is 13.7. The first-order valence-electron chi connectivity index (χ1n) is 4.88. The summed E-state index contributed by atoms with van der Waals surface area (Å²) in [7, 11) is 0. The van der Waals surface area contributed by atoms with Gasteiger partial charge in [-0.15, -0.1) is 0 Å². The highest BCUT2D eigenvalue weighted by molar-refractivity contribution is 5.81. The average molecular weight is 166 g/mol. The Kier molecular flexibility index (Phi) is 1.28. The first kappa shape index (κ1) is 6.89. The van der Waals surface area contributed by atoms with Crippen LogP contribution in [-0.2, 0) is 4.79 Å². The van der Waals surface area contributed by atoms with Crippen molar-refractivity contribution in [3.8, 4) is 0 Å². The van der Waals surface area contributed by atoms with Crippen molar-refractivity contribution in [3.63, 3.8) is 0 Å². The fraction of sp³-hybridized carbons (Fsp3) is 0.889. The summed E-state index contributed by atoms with van der Waals surface area (Å²) in [5.41, 5.74) is 0. The first-order chi connectivity index (χ1) is 5.83. The Balaban J connectivity index is 1.65. The maximum Gasteiger partial charge on any atom is 0.225 e. The number of carbonyl (C=O) groups excluding carboxylic acids is 1. The van der Waals surface area contributed by atoms with Crippen LogP contribution >= 0.6 is 0 Å². The van der Waals surface area contributed by atoms with E-state index in [1.807, 2.05) is 0 Å². The van der Waals surface area contributed by atoms with E-state index in [2.05, 4.69) is 10.2 Å². The van der Waals surface area contributed by atoms with Crippen LogP contribution in [-0.4, -0.2) is 36.0 Å². The van der Waals surface area contributed by atoms with Crippen molar-refractivity contribution in [3.05, 3.63) is 0 Å². The van der Waals surface area contributed by atoms with E-state index in [0.717, 1.165) is 25.9 Å². The number of piperazine rings is 1. The molecule has 12 heavy (non-hydrogen) atoms. The highest BCUT2D eigenvalue weighted by atomic mass is 16.2. The molecule has 3 heterocycles. The van der Waals surface area contributed by atoms with Crippen molar-refractivity contribution in [1.82, 2.24) is 10.2 Å². The summed E-state index contributed by atoms with van der Waals surface area (Å²) in [5.74, 6) is 0.827. The molecule has 4 aliphatic rings. The second-order valence-corrected chi connectivity index (χ2v) is 4.31. The highest BCUT2D eigenvalue weighted by Gasteiger charge is 2.42. The normalized spacial score (nSPS) is 39.2. The molecule has 3 saturated heterocycles. The summed E-state index contributed by atoms with van der Waals surface area (Å²) in [6.45, 7) is 1.93. The van der Waals surface area contributed by atoms with E-state index in [9.17, 15) is 4.79 Å². The van der Waals surface area contributed by atoms with Crippen LogP contribution in [0.4, 0.5) is 0 Å². The van der Waals surface area contributed by atoms with Gasteiger partial charge in [0.15, 0.2) is 0 Å². The summed E-state index contributed by atoms with van der Waals surface area (Å²) < 4.78 is 0. The van der Waals surface area contributed by atoms with Crippen LogP contribution in [0.5, 0.6) is 0 Å². The molecular formula is C9H14N2O. The molecule has 0 aromatic rings. The van der Waals surface area contributed by atoms with Crippen LogP contribution in [0.3, 0.4) is 0 Å². The lowest BCUT2D eigenvalue weighted by molar-refractivity contribution is -0.136. The molecule has 0 aromatic heterocycles. The molecule has 0 radical (unpaired) electrons. The molecule has 2 bridgehead atoms. The fourth-order valence-corrected chi connectivity index (χ4v) is 2.28. The zero-order valence-corrected chi connectivity index (χ0v) is 7.12. The summed E-state index contributed by atoms with van der Waals surface area (Å²) in [6.07, 6.45) is 3.56. The van der Waals surface area contributed by atoms with Gasteiger partial charge in [0.05, 0.1) is 0 Å². The Hall–Kier alpha value is -0.570. The van der Waals surface area contributed by atoms with Gasteiger partial charge in [-0.3, -0.25) is 4.79 Å². The van der Waals surface area contributed by atoms with Gasteiger partial charge in [0.1, 0.15) is 0 Å². The van der Waals surface area contributed by atoms with Crippen LogP contribution in [0.2, 0.25) is 0 Å². The van der Waals surface area contributed by atoms with Gasteiger partial charge in [-0.25, -0.2) is 0 Å². The number of fused-ring (bicyclic) bond motifs is 2. The third-order valence-electron chi connectivity index (χ3n) is 3.16. The number of amides is 1. The average Bonchev–Trinajstić information content (AvgIpc) is 2.84. The molecule has 1 saturated carbocycles. The molecule has 3 heteroatoms. The van der Waals surface area contributed by atoms with Gasteiger partial charge in [-0.2, -0.15) is 0 Å². The molecule has 0 aromatic carbocycles. The Morgan fingerprint density at radius 2 is 1.83 bits per heavy atom. The minimum Gasteiger partial charge on any atom is -0.339 e. The van der Waals surface area contributed by atoms with Crippen molar-refractivity contribution in [1.29, 1.82) is 0 Å². The maximum absolute atomic E-state index is 11.6. The Labute approximate surface area is 72.1 Å². The SMILES string of the molecule is O=C(C1CC1)N1C[C@H]2C[C@@H](C1)N2. The lowest BCUT2D eigenvalue weighted by Crippen LogP contribution is -2.67. The molecule has 1 amide bonds. The van der Waals surface area contributed by atoms with Gasteiger partial charge in [0.25, 0.3) is 0 Å². The van der Waals surface area contributed by atoms with Crippen LogP contribution in [0.15, 0.2) is 0 Å². The van der Waals surface area contributed by atoms with E-state index in [-0.39, 0.29) is 0 Å². The molecule has 3 aliphatic heterocycles. The topological polar surface area (TPSA) is 32.3 Å². The summed E-state index contributed by atoms with van der Waals surface area (Å²) in [5, 5.41) is 3.43. The zero-order valence-electron chi connectivity index (χ0n) is 7.12. The second kappa shape index (κ2) is 2.22. The lowest BCUT2D eigenvalue weighted by atomic mass is 9.91. The van der Waals surface area contributed by atoms with E-state index in [4.69, 9.17) is 0 Å². The van der Waals surface area contributed by atoms with Crippen molar-refractivity contribution >= 4 is 5.91 Å². The van der Waals surface area contributed by atoms with Gasteiger partial charge in [-0.1, -0.05) is 0 Å². The smallest absolute Gasteiger partial charge is 0.225 e. The fourth-order valence-electron chi connectivity index (χ4n) is 2.28. The lowest BCUT2D eigenvalue weighted by Gasteiger charge is -2.48. The molecule has 2 atom stereocenters. The van der Waals surface area contributed by atoms with Gasteiger partial charge in [0.2, 0.25) is 5.91 Å². The Bertz CT molecular complexity index is 209. The predicted molar refractivity (Wildman–Crippen MR) is 44.6 cm³/mol. The number of nitrogens with zero attached hydrogens (tertiary/aromatic N) is 1. The third-order valence-corrected chi connectivity index (χ3v) is 3.16. The van der Waals surface area contributed by atoms with Crippen LogP contribution < -0.4 is 5.32 Å². The molecule has 3 nitrogen and oxygen atoms in total. The molecule has 66 valence electrons. The minimum atomic E-state index is 0.405. The summed E-state index contributed by atoms with van der Waals surface area (Å²) >= 11 is 0. The number of nitrogens with one attached hydrogen (secondary N) is 1. The largest absolute Gasteiger partial charge is 0.339 e. The zero-order chi connectivity index (χ0) is 8.13. The second-order valence-electron chi connectivity index (χ2n) is 4.31. The predicted octanol–water partition coefficient (Wildman–Crippen LogP) is -0.0309. The molecule has 1 N–H and O–H groups in total. The minimum absolute atomic E-state index is 0.405. The maximum atomic E-state index is 11.6. The first-order valence-corrected chi connectivity index (χ1v) is 4.88. The van der Waals surface area contributed by atoms with Crippen LogP contribution in [0, 0.1) is 5.92 Å². The summed E-state index contributed by atoms with van der Waals surface area (Å²) in [6, 6.07) is 1.23. The number of carbonyl (C=O) groups is 1. The number of hydrogen-bond acceptors (Lipinski definition) is 2. The molecule has 1 aliphatic carbocycles. The van der Waals surface area contributed by atoms with Crippen molar-refractivity contribution in [2.45, 2.75) is 31.3 Å². The molecule has 0 spiro atoms. The van der Waals surface area contributed by atoms with Gasteiger partial charge >= 0.3 is 0 Å². The quantitative estimate of drug-likeness (QED) is 0.593. The van der Waals surface area contributed by atoms with Crippen LogP contribution in [0.1, 0.15) is 19.3 Å². The molecule has 4 fully saturated rings. The van der Waals surface area contributed by atoms with Gasteiger partial charge in [0, 0.05) is 31.1 Å². The Morgan fingerprint density at radius 1 is 1.25 bits per heavy atom. The third kappa shape index (κ3) is 0.959. The van der Waals surface area contributed by atoms with Crippen LogP contribution in [0.25, 0.3) is 0 Å². The van der Waals surface area contributed by atoms with E-state index >= 15 is 0 Å². The van der Waals surface area contributed by atoms with E-state index in [1.54, 1.807) is 0 Å². The number of piperidine rings is 1. The molecule has 0 unspecified atom stereocenters. The molecular weight excluding hydrogens is 152 g/mol. The Morgan fingerprint density at radius 3 is 2.33 bits per heavy atom. The van der Waals surface area contributed by atoms with E-state index in [0.29, 0.717) is 23.9 Å². The van der Waals surface area contributed by atoms with Crippen molar-refractivity contribution in [2.75, 3.05) is 13.1 Å². The van der Waals surface area contributed by atoms with E-state index in [1.165, 1.54) is 6.42 Å². The van der Waals surface area contributed by atoms with Gasteiger partial charge in [-0.05, 0) is 19.3 Å². The van der Waals surface area contributed by atoms with Crippen molar-refractivity contribution in [2.24, 2.45) is 5.92 Å². The number of hydrogen-bond donors (Lipinski definition) is 1. The monoisotopic (exact) mass is 166 g/mol. The van der Waals surface area contributed by atoms with E-state index < -0.39 is 0 Å². The standard InChI is InChI=1S/C9H14N2O/c12-9(6-1-2-6)11-4-7-3-8(5-11)10-7/h6-8,10H,1-5H2/t7-,8+. The van der Waals surface area contributed by atoms with Gasteiger partial charge < -0.3 is 10.2 Å². The highest BCUT2D eigenvalue weighted by Crippen LogP contribution is 2.33.